The second-order valence-electron chi connectivity index (χ2n) is 7.56. The summed E-state index contributed by atoms with van der Waals surface area (Å²) in [7, 11) is 1.52. The SMILES string of the molecule is COc1cccc(-n2c(SCC(=O)N3N=C(c4ccco4)CC3c3ccco3)nc(O)cc2=O)c1. The number of aromatic nitrogens is 2. The normalized spacial score (nSPS) is 15.3. The lowest BCUT2D eigenvalue weighted by Crippen LogP contribution is -2.29. The molecule has 5 rings (SSSR count). The molecule has 0 radical (unpaired) electrons. The molecular weight excluding hydrogens is 472 g/mol. The Morgan fingerprint density at radius 1 is 1.17 bits per heavy atom. The van der Waals surface area contributed by atoms with Crippen molar-refractivity contribution >= 4 is 23.4 Å². The van der Waals surface area contributed by atoms with E-state index in [2.05, 4.69) is 10.1 Å². The molecule has 4 aromatic rings. The van der Waals surface area contributed by atoms with E-state index in [1.807, 2.05) is 0 Å². The number of ether oxygens (including phenoxy) is 1. The van der Waals surface area contributed by atoms with Crippen LogP contribution in [-0.2, 0) is 4.79 Å². The number of amides is 1. The van der Waals surface area contributed by atoms with E-state index in [1.165, 1.54) is 16.7 Å². The van der Waals surface area contributed by atoms with Crippen LogP contribution in [-0.4, -0.2) is 44.1 Å². The standard InChI is InChI=1S/C24H20N4O6S/c1-32-16-6-2-5-15(11-16)27-22(30)13-21(29)25-24(27)35-14-23(31)28-18(20-8-4-10-34-20)12-17(26-28)19-7-3-9-33-19/h2-11,13,18,29H,12,14H2,1H3. The Labute approximate surface area is 203 Å². The van der Waals surface area contributed by atoms with Crippen LogP contribution in [0.25, 0.3) is 5.69 Å². The number of thioether (sulfide) groups is 1. The highest BCUT2D eigenvalue weighted by atomic mass is 32.2. The third kappa shape index (κ3) is 4.58. The zero-order valence-corrected chi connectivity index (χ0v) is 19.3. The molecule has 0 aliphatic carbocycles. The van der Waals surface area contributed by atoms with Crippen LogP contribution in [0.1, 0.15) is 24.0 Å². The first kappa shape index (κ1) is 22.5. The molecule has 178 valence electrons. The number of hydrazone groups is 1. The van der Waals surface area contributed by atoms with E-state index >= 15 is 0 Å². The van der Waals surface area contributed by atoms with Crippen LogP contribution in [0.2, 0.25) is 0 Å². The van der Waals surface area contributed by atoms with Gasteiger partial charge in [0, 0.05) is 12.5 Å². The average Bonchev–Trinajstić information content (AvgIpc) is 3.63. The first-order chi connectivity index (χ1) is 17.0. The molecular formula is C24H20N4O6S. The molecule has 35 heavy (non-hydrogen) atoms. The van der Waals surface area contributed by atoms with Gasteiger partial charge in [0.1, 0.15) is 29.0 Å². The number of furan rings is 2. The lowest BCUT2D eigenvalue weighted by Gasteiger charge is -2.20. The number of rotatable bonds is 7. The van der Waals surface area contributed by atoms with Crippen molar-refractivity contribution in [1.29, 1.82) is 0 Å². The van der Waals surface area contributed by atoms with Gasteiger partial charge >= 0.3 is 0 Å². The molecule has 1 aromatic carbocycles. The summed E-state index contributed by atoms with van der Waals surface area (Å²) in [5.41, 5.74) is 0.622. The first-order valence-corrected chi connectivity index (χ1v) is 11.6. The molecule has 1 N–H and O–H groups in total. The van der Waals surface area contributed by atoms with E-state index in [-0.39, 0.29) is 16.8 Å². The van der Waals surface area contributed by atoms with Crippen LogP contribution in [0.3, 0.4) is 0 Å². The highest BCUT2D eigenvalue weighted by Crippen LogP contribution is 2.34. The van der Waals surface area contributed by atoms with Crippen molar-refractivity contribution in [2.45, 2.75) is 17.6 Å². The van der Waals surface area contributed by atoms with Gasteiger partial charge < -0.3 is 18.7 Å². The quantitative estimate of drug-likeness (QED) is 0.307. The predicted octanol–water partition coefficient (Wildman–Crippen LogP) is 3.60. The van der Waals surface area contributed by atoms with Gasteiger partial charge in [-0.2, -0.15) is 10.1 Å². The molecule has 10 nitrogen and oxygen atoms in total. The molecule has 0 fully saturated rings. The van der Waals surface area contributed by atoms with E-state index in [1.54, 1.807) is 61.1 Å². The van der Waals surface area contributed by atoms with Gasteiger partial charge in [-0.25, -0.2) is 5.01 Å². The van der Waals surface area contributed by atoms with Gasteiger partial charge in [-0.1, -0.05) is 17.8 Å². The zero-order chi connectivity index (χ0) is 24.4. The van der Waals surface area contributed by atoms with Gasteiger partial charge in [0.15, 0.2) is 5.16 Å². The van der Waals surface area contributed by atoms with E-state index in [9.17, 15) is 14.7 Å². The summed E-state index contributed by atoms with van der Waals surface area (Å²) in [4.78, 5) is 30.1. The maximum atomic E-state index is 13.3. The Morgan fingerprint density at radius 2 is 2.00 bits per heavy atom. The largest absolute Gasteiger partial charge is 0.497 e. The minimum atomic E-state index is -0.492. The van der Waals surface area contributed by atoms with E-state index in [0.29, 0.717) is 35.1 Å². The zero-order valence-electron chi connectivity index (χ0n) is 18.5. The van der Waals surface area contributed by atoms with Crippen LogP contribution >= 0.6 is 11.8 Å². The van der Waals surface area contributed by atoms with Crippen molar-refractivity contribution in [3.8, 4) is 17.3 Å². The van der Waals surface area contributed by atoms with Crippen molar-refractivity contribution in [2.75, 3.05) is 12.9 Å². The summed E-state index contributed by atoms with van der Waals surface area (Å²) in [6.45, 7) is 0. The Balaban J connectivity index is 1.43. The summed E-state index contributed by atoms with van der Waals surface area (Å²) >= 11 is 1.01. The molecule has 3 aromatic heterocycles. The highest BCUT2D eigenvalue weighted by molar-refractivity contribution is 7.99. The lowest BCUT2D eigenvalue weighted by atomic mass is 10.1. The summed E-state index contributed by atoms with van der Waals surface area (Å²) in [6, 6.07) is 14.5. The van der Waals surface area contributed by atoms with E-state index < -0.39 is 17.5 Å². The van der Waals surface area contributed by atoms with Gasteiger partial charge in [0.25, 0.3) is 11.5 Å². The number of benzene rings is 1. The molecule has 0 spiro atoms. The Morgan fingerprint density at radius 3 is 2.74 bits per heavy atom. The molecule has 1 atom stereocenters. The Hall–Kier alpha value is -4.25. The minimum Gasteiger partial charge on any atom is -0.497 e. The van der Waals surface area contributed by atoms with Crippen molar-refractivity contribution in [3.63, 3.8) is 0 Å². The van der Waals surface area contributed by atoms with Gasteiger partial charge in [0.2, 0.25) is 5.88 Å². The van der Waals surface area contributed by atoms with Gasteiger partial charge in [-0.15, -0.1) is 0 Å². The van der Waals surface area contributed by atoms with Crippen LogP contribution < -0.4 is 10.3 Å². The van der Waals surface area contributed by atoms with Crippen molar-refractivity contribution < 1.29 is 23.5 Å². The highest BCUT2D eigenvalue weighted by Gasteiger charge is 2.35. The number of methoxy groups -OCH3 is 1. The van der Waals surface area contributed by atoms with Crippen LogP contribution in [0, 0.1) is 0 Å². The first-order valence-electron chi connectivity index (χ1n) is 10.6. The predicted molar refractivity (Wildman–Crippen MR) is 127 cm³/mol. The van der Waals surface area contributed by atoms with E-state index in [0.717, 1.165) is 17.8 Å². The van der Waals surface area contributed by atoms with Crippen molar-refractivity contribution in [3.05, 3.63) is 89.0 Å². The molecule has 1 aliphatic rings. The maximum Gasteiger partial charge on any atom is 0.262 e. The maximum absolute atomic E-state index is 13.3. The fourth-order valence-electron chi connectivity index (χ4n) is 3.76. The Kier molecular flexibility index (Phi) is 6.15. The topological polar surface area (TPSA) is 123 Å². The number of nitrogens with zero attached hydrogens (tertiary/aromatic N) is 4. The van der Waals surface area contributed by atoms with Crippen molar-refractivity contribution in [1.82, 2.24) is 14.6 Å². The van der Waals surface area contributed by atoms with Crippen LogP contribution in [0.15, 0.2) is 91.0 Å². The molecule has 1 aliphatic heterocycles. The molecule has 11 heteroatoms. The monoisotopic (exact) mass is 492 g/mol. The lowest BCUT2D eigenvalue weighted by molar-refractivity contribution is -0.130. The second-order valence-corrected chi connectivity index (χ2v) is 8.50. The third-order valence-corrected chi connectivity index (χ3v) is 6.28. The molecule has 1 unspecified atom stereocenters. The molecule has 4 heterocycles. The van der Waals surface area contributed by atoms with Crippen molar-refractivity contribution in [2.24, 2.45) is 5.10 Å². The molecule has 0 saturated heterocycles. The summed E-state index contributed by atoms with van der Waals surface area (Å²) in [5, 5.41) is 16.0. The number of aromatic hydroxyl groups is 1. The van der Waals surface area contributed by atoms with Crippen LogP contribution in [0.5, 0.6) is 11.6 Å². The van der Waals surface area contributed by atoms with Gasteiger partial charge in [-0.3, -0.25) is 14.2 Å². The van der Waals surface area contributed by atoms with E-state index in [4.69, 9.17) is 13.6 Å². The third-order valence-electron chi connectivity index (χ3n) is 5.35. The number of carbonyl (C=O) groups is 1. The number of hydrogen-bond acceptors (Lipinski definition) is 9. The summed E-state index contributed by atoms with van der Waals surface area (Å²) in [6.07, 6.45) is 3.52. The Bertz CT molecular complexity index is 1430. The molecule has 1 amide bonds. The smallest absolute Gasteiger partial charge is 0.262 e. The van der Waals surface area contributed by atoms with Gasteiger partial charge in [-0.05, 0) is 36.4 Å². The minimum absolute atomic E-state index is 0.0913. The van der Waals surface area contributed by atoms with Crippen LogP contribution in [0.4, 0.5) is 0 Å². The number of carbonyl (C=O) groups excluding carboxylic acids is 1. The average molecular weight is 493 g/mol. The summed E-state index contributed by atoms with van der Waals surface area (Å²) < 4.78 is 17.6. The fourth-order valence-corrected chi connectivity index (χ4v) is 4.63. The van der Waals surface area contributed by atoms with Gasteiger partial charge in [0.05, 0.1) is 37.1 Å². The fraction of sp³-hybridized carbons (Fsp3) is 0.167. The second kappa shape index (κ2) is 9.55. The summed E-state index contributed by atoms with van der Waals surface area (Å²) in [5.74, 6) is 0.868. The molecule has 0 saturated carbocycles. The molecule has 0 bridgehead atoms. The number of hydrogen-bond donors (Lipinski definition) is 1.